The predicted octanol–water partition coefficient (Wildman–Crippen LogP) is 5.63. The van der Waals surface area contributed by atoms with Gasteiger partial charge in [0.2, 0.25) is 0 Å². The molecule has 0 fully saturated rings. The number of anilines is 1. The van der Waals surface area contributed by atoms with E-state index in [-0.39, 0.29) is 12.5 Å². The summed E-state index contributed by atoms with van der Waals surface area (Å²) in [5, 5.41) is 4.24. The maximum atomic E-state index is 12.4. The molecule has 1 heterocycles. The molecule has 4 rings (SSSR count). The first kappa shape index (κ1) is 17.5. The van der Waals surface area contributed by atoms with E-state index in [9.17, 15) is 4.79 Å². The lowest BCUT2D eigenvalue weighted by molar-refractivity contribution is -0.118. The number of halogens is 1. The van der Waals surface area contributed by atoms with E-state index >= 15 is 0 Å². The summed E-state index contributed by atoms with van der Waals surface area (Å²) < 4.78 is 6.61. The Hall–Kier alpha value is -2.89. The first-order chi connectivity index (χ1) is 13.2. The quantitative estimate of drug-likeness (QED) is 0.477. The van der Waals surface area contributed by atoms with E-state index in [1.807, 2.05) is 60.7 Å². The van der Waals surface area contributed by atoms with Gasteiger partial charge in [0.1, 0.15) is 10.8 Å². The van der Waals surface area contributed by atoms with Crippen molar-refractivity contribution in [3.05, 3.63) is 77.8 Å². The molecule has 134 valence electrons. The second kappa shape index (κ2) is 7.78. The van der Waals surface area contributed by atoms with Gasteiger partial charge in [0.05, 0.1) is 20.9 Å². The van der Waals surface area contributed by atoms with Gasteiger partial charge in [-0.1, -0.05) is 48.0 Å². The Morgan fingerprint density at radius 3 is 2.59 bits per heavy atom. The first-order valence-electron chi connectivity index (χ1n) is 8.33. The summed E-state index contributed by atoms with van der Waals surface area (Å²) in [5.41, 5.74) is 2.52. The summed E-state index contributed by atoms with van der Waals surface area (Å²) in [6.07, 6.45) is 0. The number of nitrogens with one attached hydrogen (secondary N) is 1. The third-order valence-corrected chi connectivity index (χ3v) is 5.30. The molecule has 0 saturated carbocycles. The molecule has 4 aromatic rings. The normalized spacial score (nSPS) is 10.7. The highest BCUT2D eigenvalue weighted by atomic mass is 35.5. The maximum absolute atomic E-state index is 12.4. The largest absolute Gasteiger partial charge is 0.482 e. The number of nitrogens with zero attached hydrogens (tertiary/aromatic N) is 1. The number of carbonyl (C=O) groups is 1. The second-order valence-electron chi connectivity index (χ2n) is 5.80. The van der Waals surface area contributed by atoms with E-state index in [0.29, 0.717) is 16.5 Å². The van der Waals surface area contributed by atoms with Crippen LogP contribution in [0.5, 0.6) is 5.75 Å². The number of fused-ring (bicyclic) bond motifs is 1. The zero-order chi connectivity index (χ0) is 18.6. The molecule has 0 bridgehead atoms. The molecule has 0 aliphatic heterocycles. The molecule has 0 aliphatic carbocycles. The van der Waals surface area contributed by atoms with Crippen molar-refractivity contribution in [2.75, 3.05) is 11.9 Å². The summed E-state index contributed by atoms with van der Waals surface area (Å²) in [5.74, 6) is 0.220. The standard InChI is InChI=1S/C21H15ClN2O2S/c22-15-8-2-5-11-18(15)26-13-20(25)23-16-9-3-1-7-14(16)21-24-17-10-4-6-12-19(17)27-21/h1-12H,13H2,(H,23,25). The average Bonchev–Trinajstić information content (AvgIpc) is 3.12. The molecule has 1 aromatic heterocycles. The van der Waals surface area contributed by atoms with Gasteiger partial charge in [0.15, 0.2) is 6.61 Å². The Labute approximate surface area is 165 Å². The molecule has 0 aliphatic rings. The molecule has 0 atom stereocenters. The number of ether oxygens (including phenoxy) is 1. The summed E-state index contributed by atoms with van der Waals surface area (Å²) in [7, 11) is 0. The van der Waals surface area contributed by atoms with Crippen molar-refractivity contribution in [3.63, 3.8) is 0 Å². The predicted molar refractivity (Wildman–Crippen MR) is 111 cm³/mol. The molecular formula is C21H15ClN2O2S. The molecule has 27 heavy (non-hydrogen) atoms. The molecule has 1 N–H and O–H groups in total. The number of hydrogen-bond donors (Lipinski definition) is 1. The van der Waals surface area contributed by atoms with Crippen LogP contribution in [-0.4, -0.2) is 17.5 Å². The maximum Gasteiger partial charge on any atom is 0.262 e. The molecule has 3 aromatic carbocycles. The fourth-order valence-corrected chi connectivity index (χ4v) is 3.85. The highest BCUT2D eigenvalue weighted by molar-refractivity contribution is 7.21. The lowest BCUT2D eigenvalue weighted by Crippen LogP contribution is -2.20. The van der Waals surface area contributed by atoms with Gasteiger partial charge in [-0.15, -0.1) is 11.3 Å². The Kier molecular flexibility index (Phi) is 5.05. The van der Waals surface area contributed by atoms with Crippen LogP contribution in [0.15, 0.2) is 72.8 Å². The fourth-order valence-electron chi connectivity index (χ4n) is 2.66. The van der Waals surface area contributed by atoms with Crippen LogP contribution in [0.4, 0.5) is 5.69 Å². The number of hydrogen-bond acceptors (Lipinski definition) is 4. The topological polar surface area (TPSA) is 51.2 Å². The fraction of sp³-hybridized carbons (Fsp3) is 0.0476. The first-order valence-corrected chi connectivity index (χ1v) is 9.52. The van der Waals surface area contributed by atoms with Crippen molar-refractivity contribution in [1.29, 1.82) is 0 Å². The van der Waals surface area contributed by atoms with Crippen LogP contribution in [0.2, 0.25) is 5.02 Å². The monoisotopic (exact) mass is 394 g/mol. The van der Waals surface area contributed by atoms with E-state index in [1.165, 1.54) is 0 Å². The lowest BCUT2D eigenvalue weighted by Gasteiger charge is -2.11. The van der Waals surface area contributed by atoms with Crippen molar-refractivity contribution in [2.24, 2.45) is 0 Å². The highest BCUT2D eigenvalue weighted by Crippen LogP contribution is 2.34. The number of carbonyl (C=O) groups excluding carboxylic acids is 1. The van der Waals surface area contributed by atoms with E-state index < -0.39 is 0 Å². The second-order valence-corrected chi connectivity index (χ2v) is 7.24. The zero-order valence-electron chi connectivity index (χ0n) is 14.2. The summed E-state index contributed by atoms with van der Waals surface area (Å²) in [4.78, 5) is 17.0. The van der Waals surface area contributed by atoms with Crippen molar-refractivity contribution < 1.29 is 9.53 Å². The molecule has 0 saturated heterocycles. The number of aromatic nitrogens is 1. The Morgan fingerprint density at radius 1 is 1.00 bits per heavy atom. The summed E-state index contributed by atoms with van der Waals surface area (Å²) in [6.45, 7) is -0.127. The van der Waals surface area contributed by atoms with E-state index in [4.69, 9.17) is 16.3 Å². The van der Waals surface area contributed by atoms with Gasteiger partial charge in [0.25, 0.3) is 5.91 Å². The minimum atomic E-state index is -0.261. The average molecular weight is 395 g/mol. The van der Waals surface area contributed by atoms with Crippen molar-refractivity contribution >= 4 is 44.7 Å². The van der Waals surface area contributed by atoms with Crippen LogP contribution in [0.1, 0.15) is 0 Å². The molecular weight excluding hydrogens is 380 g/mol. The van der Waals surface area contributed by atoms with Crippen molar-refractivity contribution in [1.82, 2.24) is 4.98 Å². The van der Waals surface area contributed by atoms with Crippen LogP contribution < -0.4 is 10.1 Å². The lowest BCUT2D eigenvalue weighted by atomic mass is 10.2. The molecule has 0 spiro atoms. The Morgan fingerprint density at radius 2 is 1.74 bits per heavy atom. The molecule has 1 amide bonds. The third-order valence-electron chi connectivity index (χ3n) is 3.92. The number of amides is 1. The number of thiazole rings is 1. The van der Waals surface area contributed by atoms with Gasteiger partial charge in [-0.05, 0) is 36.4 Å². The SMILES string of the molecule is O=C(COc1ccccc1Cl)Nc1ccccc1-c1nc2ccccc2s1. The van der Waals surface area contributed by atoms with Crippen LogP contribution in [0, 0.1) is 0 Å². The van der Waals surface area contributed by atoms with Gasteiger partial charge in [-0.3, -0.25) is 4.79 Å². The van der Waals surface area contributed by atoms with Crippen molar-refractivity contribution in [2.45, 2.75) is 0 Å². The zero-order valence-corrected chi connectivity index (χ0v) is 15.8. The minimum Gasteiger partial charge on any atom is -0.482 e. The highest BCUT2D eigenvalue weighted by Gasteiger charge is 2.13. The van der Waals surface area contributed by atoms with Crippen LogP contribution >= 0.6 is 22.9 Å². The van der Waals surface area contributed by atoms with E-state index in [0.717, 1.165) is 20.8 Å². The number of benzene rings is 3. The number of rotatable bonds is 5. The van der Waals surface area contributed by atoms with Gasteiger partial charge in [-0.25, -0.2) is 4.98 Å². The molecule has 4 nitrogen and oxygen atoms in total. The Bertz CT molecular complexity index is 1080. The van der Waals surface area contributed by atoms with Crippen LogP contribution in [-0.2, 0) is 4.79 Å². The van der Waals surface area contributed by atoms with Gasteiger partial charge < -0.3 is 10.1 Å². The minimum absolute atomic E-state index is 0.127. The van der Waals surface area contributed by atoms with Crippen LogP contribution in [0.3, 0.4) is 0 Å². The molecule has 0 unspecified atom stereocenters. The van der Waals surface area contributed by atoms with Gasteiger partial charge >= 0.3 is 0 Å². The number of para-hydroxylation sites is 3. The summed E-state index contributed by atoms with van der Waals surface area (Å²) in [6, 6.07) is 22.6. The van der Waals surface area contributed by atoms with Gasteiger partial charge in [0, 0.05) is 5.56 Å². The Balaban J connectivity index is 1.52. The van der Waals surface area contributed by atoms with Crippen LogP contribution in [0.25, 0.3) is 20.8 Å². The molecule has 6 heteroatoms. The molecule has 0 radical (unpaired) electrons. The van der Waals surface area contributed by atoms with E-state index in [2.05, 4.69) is 10.3 Å². The van der Waals surface area contributed by atoms with E-state index in [1.54, 1.807) is 23.5 Å². The third kappa shape index (κ3) is 3.94. The van der Waals surface area contributed by atoms with Crippen molar-refractivity contribution in [3.8, 4) is 16.3 Å². The summed E-state index contributed by atoms with van der Waals surface area (Å²) >= 11 is 7.64. The van der Waals surface area contributed by atoms with Gasteiger partial charge in [-0.2, -0.15) is 0 Å². The smallest absolute Gasteiger partial charge is 0.262 e.